The van der Waals surface area contributed by atoms with Crippen LogP contribution in [0.5, 0.6) is 11.5 Å². The van der Waals surface area contributed by atoms with Crippen LogP contribution in [0.2, 0.25) is 0 Å². The van der Waals surface area contributed by atoms with E-state index in [4.69, 9.17) is 9.84 Å². The maximum absolute atomic E-state index is 13.5. The molecule has 0 aliphatic carbocycles. The third-order valence-electron chi connectivity index (χ3n) is 2.20. The fourth-order valence-electron chi connectivity index (χ4n) is 1.34. The average molecular weight is 250 g/mol. The summed E-state index contributed by atoms with van der Waals surface area (Å²) in [6.45, 7) is 0. The Morgan fingerprint density at radius 1 is 1.12 bits per heavy atom. The molecular weight excluding hydrogens is 239 g/mol. The molecule has 0 saturated carbocycles. The summed E-state index contributed by atoms with van der Waals surface area (Å²) < 4.78 is 18.5. The third-order valence-corrected chi connectivity index (χ3v) is 3.26. The summed E-state index contributed by atoms with van der Waals surface area (Å²) in [4.78, 5) is 1.39. The van der Waals surface area contributed by atoms with Crippen LogP contribution in [0.25, 0.3) is 0 Å². The van der Waals surface area contributed by atoms with Crippen molar-refractivity contribution in [3.05, 3.63) is 48.3 Å². The van der Waals surface area contributed by atoms with Crippen LogP contribution in [0.15, 0.2) is 52.3 Å². The van der Waals surface area contributed by atoms with E-state index in [0.29, 0.717) is 4.90 Å². The van der Waals surface area contributed by atoms with Gasteiger partial charge in [-0.2, -0.15) is 0 Å². The number of halogens is 1. The van der Waals surface area contributed by atoms with Crippen molar-refractivity contribution in [2.45, 2.75) is 9.79 Å². The van der Waals surface area contributed by atoms with Crippen molar-refractivity contribution in [2.75, 3.05) is 7.11 Å². The van der Waals surface area contributed by atoms with Gasteiger partial charge in [0.15, 0.2) is 0 Å². The van der Waals surface area contributed by atoms with E-state index < -0.39 is 5.82 Å². The van der Waals surface area contributed by atoms with Crippen molar-refractivity contribution in [2.24, 2.45) is 0 Å². The van der Waals surface area contributed by atoms with Crippen molar-refractivity contribution in [3.63, 3.8) is 0 Å². The number of methoxy groups -OCH3 is 1. The van der Waals surface area contributed by atoms with Gasteiger partial charge in [-0.3, -0.25) is 0 Å². The first-order valence-corrected chi connectivity index (χ1v) is 5.81. The minimum Gasteiger partial charge on any atom is -0.508 e. The van der Waals surface area contributed by atoms with E-state index in [9.17, 15) is 4.39 Å². The summed E-state index contributed by atoms with van der Waals surface area (Å²) in [7, 11) is 1.60. The lowest BCUT2D eigenvalue weighted by Crippen LogP contribution is -1.83. The van der Waals surface area contributed by atoms with Gasteiger partial charge in [0, 0.05) is 15.9 Å². The average Bonchev–Trinajstić information content (AvgIpc) is 2.34. The lowest BCUT2D eigenvalue weighted by Gasteiger charge is -2.04. The lowest BCUT2D eigenvalue weighted by molar-refractivity contribution is 0.414. The van der Waals surface area contributed by atoms with E-state index in [1.54, 1.807) is 13.2 Å². The van der Waals surface area contributed by atoms with Crippen molar-refractivity contribution in [1.29, 1.82) is 0 Å². The van der Waals surface area contributed by atoms with Gasteiger partial charge in [0.2, 0.25) is 0 Å². The second kappa shape index (κ2) is 5.10. The van der Waals surface area contributed by atoms with Crippen molar-refractivity contribution < 1.29 is 14.2 Å². The van der Waals surface area contributed by atoms with Crippen molar-refractivity contribution >= 4 is 11.8 Å². The number of phenols is 1. The van der Waals surface area contributed by atoms with Gasteiger partial charge in [0.25, 0.3) is 0 Å². The molecule has 0 fully saturated rings. The maximum atomic E-state index is 13.5. The number of benzene rings is 2. The second-order valence-electron chi connectivity index (χ2n) is 3.39. The Kier molecular flexibility index (Phi) is 3.54. The van der Waals surface area contributed by atoms with Gasteiger partial charge in [0.1, 0.15) is 17.3 Å². The highest BCUT2D eigenvalue weighted by molar-refractivity contribution is 7.99. The molecule has 4 heteroatoms. The molecule has 0 unspecified atom stereocenters. The monoisotopic (exact) mass is 250 g/mol. The highest BCUT2D eigenvalue weighted by atomic mass is 32.2. The molecule has 2 aromatic carbocycles. The minimum absolute atomic E-state index is 0.0680. The van der Waals surface area contributed by atoms with Gasteiger partial charge in [-0.25, -0.2) is 4.39 Å². The van der Waals surface area contributed by atoms with Crippen LogP contribution in [0, 0.1) is 5.82 Å². The van der Waals surface area contributed by atoms with Crippen LogP contribution in [0.4, 0.5) is 4.39 Å². The van der Waals surface area contributed by atoms with E-state index in [1.807, 2.05) is 24.3 Å². The lowest BCUT2D eigenvalue weighted by atomic mass is 10.3. The SMILES string of the molecule is COc1ccc(Sc2ccc(O)cc2F)cc1. The Bertz CT molecular complexity index is 511. The van der Waals surface area contributed by atoms with E-state index >= 15 is 0 Å². The molecule has 0 saturated heterocycles. The first-order chi connectivity index (χ1) is 8.19. The van der Waals surface area contributed by atoms with Crippen LogP contribution >= 0.6 is 11.8 Å². The quantitative estimate of drug-likeness (QED) is 0.900. The molecule has 0 aliphatic heterocycles. The summed E-state index contributed by atoms with van der Waals surface area (Å²) >= 11 is 1.30. The fraction of sp³-hybridized carbons (Fsp3) is 0.0769. The minimum atomic E-state index is -0.425. The molecule has 0 heterocycles. The molecule has 0 atom stereocenters. The number of hydrogen-bond donors (Lipinski definition) is 1. The Balaban J connectivity index is 2.19. The number of rotatable bonds is 3. The Morgan fingerprint density at radius 2 is 1.82 bits per heavy atom. The summed E-state index contributed by atoms with van der Waals surface area (Å²) in [5, 5.41) is 9.11. The highest BCUT2D eigenvalue weighted by Crippen LogP contribution is 2.32. The van der Waals surface area contributed by atoms with Crippen molar-refractivity contribution in [3.8, 4) is 11.5 Å². The molecule has 2 nitrogen and oxygen atoms in total. The molecule has 17 heavy (non-hydrogen) atoms. The standard InChI is InChI=1S/C13H11FO2S/c1-16-10-3-5-11(6-4-10)17-13-7-2-9(15)8-12(13)14/h2-8,15H,1H3. The third kappa shape index (κ3) is 2.91. The van der Waals surface area contributed by atoms with Crippen LogP contribution in [0.3, 0.4) is 0 Å². The number of ether oxygens (including phenoxy) is 1. The van der Waals surface area contributed by atoms with Gasteiger partial charge >= 0.3 is 0 Å². The zero-order valence-corrected chi connectivity index (χ0v) is 10.00. The number of hydrogen-bond acceptors (Lipinski definition) is 3. The molecule has 0 aliphatic rings. The number of phenolic OH excluding ortho intramolecular Hbond substituents is 1. The molecule has 2 rings (SSSR count). The van der Waals surface area contributed by atoms with Crippen LogP contribution in [-0.4, -0.2) is 12.2 Å². The summed E-state index contributed by atoms with van der Waals surface area (Å²) in [5.74, 6) is 0.271. The number of aromatic hydroxyl groups is 1. The van der Waals surface area contributed by atoms with E-state index in [0.717, 1.165) is 16.7 Å². The zero-order valence-electron chi connectivity index (χ0n) is 9.18. The Morgan fingerprint density at radius 3 is 2.41 bits per heavy atom. The molecule has 1 N–H and O–H groups in total. The maximum Gasteiger partial charge on any atom is 0.140 e. The highest BCUT2D eigenvalue weighted by Gasteiger charge is 2.05. The molecule has 88 valence electrons. The normalized spacial score (nSPS) is 10.2. The molecule has 0 bridgehead atoms. The zero-order chi connectivity index (χ0) is 12.3. The predicted molar refractivity (Wildman–Crippen MR) is 65.2 cm³/mol. The molecule has 2 aromatic rings. The summed E-state index contributed by atoms with van der Waals surface area (Å²) in [6, 6.07) is 11.5. The smallest absolute Gasteiger partial charge is 0.140 e. The van der Waals surface area contributed by atoms with Gasteiger partial charge in [0.05, 0.1) is 7.11 Å². The van der Waals surface area contributed by atoms with Crippen LogP contribution < -0.4 is 4.74 Å². The molecule has 0 radical (unpaired) electrons. The van der Waals surface area contributed by atoms with Gasteiger partial charge in [-0.05, 0) is 36.4 Å². The topological polar surface area (TPSA) is 29.5 Å². The molecule has 0 spiro atoms. The Hall–Kier alpha value is -1.68. The van der Waals surface area contributed by atoms with Gasteiger partial charge < -0.3 is 9.84 Å². The summed E-state index contributed by atoms with van der Waals surface area (Å²) in [6.07, 6.45) is 0. The molecule has 0 amide bonds. The van der Waals surface area contributed by atoms with E-state index in [-0.39, 0.29) is 5.75 Å². The molecular formula is C13H11FO2S. The van der Waals surface area contributed by atoms with Crippen LogP contribution in [0.1, 0.15) is 0 Å². The predicted octanol–water partition coefficient (Wildman–Crippen LogP) is 3.69. The molecule has 0 aromatic heterocycles. The first-order valence-electron chi connectivity index (χ1n) is 4.99. The largest absolute Gasteiger partial charge is 0.508 e. The fourth-order valence-corrected chi connectivity index (χ4v) is 2.16. The van der Waals surface area contributed by atoms with Gasteiger partial charge in [-0.1, -0.05) is 11.8 Å². The first kappa shape index (κ1) is 11.8. The van der Waals surface area contributed by atoms with Crippen molar-refractivity contribution in [1.82, 2.24) is 0 Å². The Labute approximate surface area is 103 Å². The van der Waals surface area contributed by atoms with E-state index in [2.05, 4.69) is 0 Å². The summed E-state index contributed by atoms with van der Waals surface area (Å²) in [5.41, 5.74) is 0. The van der Waals surface area contributed by atoms with Gasteiger partial charge in [-0.15, -0.1) is 0 Å². The second-order valence-corrected chi connectivity index (χ2v) is 4.51. The van der Waals surface area contributed by atoms with Crippen LogP contribution in [-0.2, 0) is 0 Å². The van der Waals surface area contributed by atoms with E-state index in [1.165, 1.54) is 17.8 Å².